The number of carbonyl (C=O) groups is 2. The summed E-state index contributed by atoms with van der Waals surface area (Å²) >= 11 is 6.07. The third-order valence-electron chi connectivity index (χ3n) is 4.68. The lowest BCUT2D eigenvalue weighted by atomic mass is 10.1. The molecule has 1 aromatic carbocycles. The van der Waals surface area contributed by atoms with Gasteiger partial charge in [0, 0.05) is 36.6 Å². The minimum absolute atomic E-state index is 0.0596. The van der Waals surface area contributed by atoms with Crippen molar-refractivity contribution in [3.8, 4) is 0 Å². The van der Waals surface area contributed by atoms with Crippen LogP contribution in [0.25, 0.3) is 0 Å². The van der Waals surface area contributed by atoms with Crippen molar-refractivity contribution in [1.29, 1.82) is 0 Å². The molecule has 138 valence electrons. The summed E-state index contributed by atoms with van der Waals surface area (Å²) in [7, 11) is 0. The number of carbonyl (C=O) groups excluding carboxylic acids is 1. The maximum Gasteiger partial charge on any atom is 0.323 e. The van der Waals surface area contributed by atoms with Gasteiger partial charge in [-0.05, 0) is 44.4 Å². The van der Waals surface area contributed by atoms with E-state index in [9.17, 15) is 14.0 Å². The van der Waals surface area contributed by atoms with E-state index >= 15 is 0 Å². The molecular weight excluding hydrogens is 347 g/mol. The van der Waals surface area contributed by atoms with E-state index < -0.39 is 5.97 Å². The summed E-state index contributed by atoms with van der Waals surface area (Å²) in [5.74, 6) is -1.49. The van der Waals surface area contributed by atoms with Crippen LogP contribution in [-0.2, 0) is 16.0 Å². The number of carboxylic acids is 1. The number of rotatable bonds is 6. The number of amides is 1. The third-order valence-corrected chi connectivity index (χ3v) is 5.03. The summed E-state index contributed by atoms with van der Waals surface area (Å²) < 4.78 is 13.9. The van der Waals surface area contributed by atoms with Crippen LogP contribution in [0, 0.1) is 5.82 Å². The number of hydrogen-bond donors (Lipinski definition) is 1. The first-order valence-corrected chi connectivity index (χ1v) is 8.90. The van der Waals surface area contributed by atoms with Crippen molar-refractivity contribution >= 4 is 23.5 Å². The van der Waals surface area contributed by atoms with Gasteiger partial charge in [-0.1, -0.05) is 17.7 Å². The lowest BCUT2D eigenvalue weighted by Gasteiger charge is -2.29. The molecule has 0 bridgehead atoms. The summed E-state index contributed by atoms with van der Waals surface area (Å²) in [5, 5.41) is 9.44. The Morgan fingerprint density at radius 3 is 2.76 bits per heavy atom. The Hall–Kier alpha value is -1.66. The van der Waals surface area contributed by atoms with Gasteiger partial charge in [-0.25, -0.2) is 4.39 Å². The summed E-state index contributed by atoms with van der Waals surface area (Å²) in [5.41, 5.74) is 0.529. The maximum absolute atomic E-state index is 13.9. The van der Waals surface area contributed by atoms with Gasteiger partial charge in [0.2, 0.25) is 5.91 Å². The van der Waals surface area contributed by atoms with Gasteiger partial charge >= 0.3 is 5.97 Å². The topological polar surface area (TPSA) is 60.9 Å². The molecule has 7 heteroatoms. The largest absolute Gasteiger partial charge is 0.480 e. The highest BCUT2D eigenvalue weighted by atomic mass is 35.5. The fourth-order valence-electron chi connectivity index (χ4n) is 3.36. The predicted octanol–water partition coefficient (Wildman–Crippen LogP) is 2.81. The quantitative estimate of drug-likeness (QED) is 0.836. The van der Waals surface area contributed by atoms with E-state index in [0.29, 0.717) is 23.6 Å². The Balaban J connectivity index is 1.92. The van der Waals surface area contributed by atoms with Gasteiger partial charge in [0.1, 0.15) is 12.4 Å². The van der Waals surface area contributed by atoms with Crippen molar-refractivity contribution in [3.05, 3.63) is 34.6 Å². The highest BCUT2D eigenvalue weighted by Crippen LogP contribution is 2.21. The van der Waals surface area contributed by atoms with E-state index in [0.717, 1.165) is 32.4 Å². The van der Waals surface area contributed by atoms with E-state index in [1.807, 2.05) is 0 Å². The molecular formula is C18H24ClFN2O3. The molecule has 1 unspecified atom stereocenters. The van der Waals surface area contributed by atoms with Crippen molar-refractivity contribution in [2.45, 2.75) is 38.6 Å². The molecule has 1 N–H and O–H groups in total. The van der Waals surface area contributed by atoms with Crippen LogP contribution in [0.1, 0.15) is 31.7 Å². The fraction of sp³-hybridized carbons (Fsp3) is 0.556. The van der Waals surface area contributed by atoms with E-state index in [4.69, 9.17) is 16.7 Å². The Kier molecular flexibility index (Phi) is 7.20. The molecule has 5 nitrogen and oxygen atoms in total. The van der Waals surface area contributed by atoms with Gasteiger partial charge in [-0.3, -0.25) is 9.59 Å². The van der Waals surface area contributed by atoms with Gasteiger partial charge < -0.3 is 14.9 Å². The maximum atomic E-state index is 13.9. The lowest BCUT2D eigenvalue weighted by molar-refractivity contribution is -0.145. The first-order valence-electron chi connectivity index (χ1n) is 8.52. The van der Waals surface area contributed by atoms with Crippen LogP contribution in [0.3, 0.4) is 0 Å². The summed E-state index contributed by atoms with van der Waals surface area (Å²) in [6.07, 6.45) is 2.91. The monoisotopic (exact) mass is 370 g/mol. The van der Waals surface area contributed by atoms with Gasteiger partial charge in [0.15, 0.2) is 0 Å². The zero-order valence-corrected chi connectivity index (χ0v) is 15.1. The molecule has 0 spiro atoms. The van der Waals surface area contributed by atoms with Crippen LogP contribution in [-0.4, -0.2) is 59.0 Å². The van der Waals surface area contributed by atoms with Crippen molar-refractivity contribution in [1.82, 2.24) is 9.80 Å². The number of halogens is 2. The number of nitrogens with zero attached hydrogens (tertiary/aromatic N) is 2. The van der Waals surface area contributed by atoms with Gasteiger partial charge in [0.05, 0.1) is 0 Å². The minimum atomic E-state index is -0.995. The zero-order valence-electron chi connectivity index (χ0n) is 14.4. The smallest absolute Gasteiger partial charge is 0.323 e. The molecule has 1 aliphatic rings. The summed E-state index contributed by atoms with van der Waals surface area (Å²) in [6.45, 7) is 3.44. The number of likely N-dealkylation sites (tertiary alicyclic amines) is 1. The molecule has 1 aromatic rings. The molecule has 1 saturated heterocycles. The molecule has 2 rings (SSSR count). The lowest BCUT2D eigenvalue weighted by Crippen LogP contribution is -2.42. The molecule has 0 saturated carbocycles. The van der Waals surface area contributed by atoms with Crippen LogP contribution in [0.5, 0.6) is 0 Å². The second kappa shape index (κ2) is 9.15. The van der Waals surface area contributed by atoms with Crippen LogP contribution >= 0.6 is 11.6 Å². The average molecular weight is 371 g/mol. The molecule has 0 radical (unpaired) electrons. The predicted molar refractivity (Wildman–Crippen MR) is 94.2 cm³/mol. The fourth-order valence-corrected chi connectivity index (χ4v) is 3.62. The molecule has 1 atom stereocenters. The number of carboxylic acid groups (broad SMARTS) is 1. The average Bonchev–Trinajstić information content (AvgIpc) is 2.77. The van der Waals surface area contributed by atoms with E-state index in [2.05, 4.69) is 4.90 Å². The molecule has 1 amide bonds. The standard InChI is InChI=1S/C18H24ClFN2O3/c1-13(23)22(12-18(24)25)14-4-3-9-21(10-7-14)11-8-15-16(19)5-2-6-17(15)20/h2,5-6,14H,3-4,7-12H2,1H3,(H,24,25). The van der Waals surface area contributed by atoms with Gasteiger partial charge in [-0.2, -0.15) is 0 Å². The second-order valence-corrected chi connectivity index (χ2v) is 6.82. The van der Waals surface area contributed by atoms with E-state index in [1.165, 1.54) is 17.9 Å². The van der Waals surface area contributed by atoms with Crippen molar-refractivity contribution < 1.29 is 19.1 Å². The van der Waals surface area contributed by atoms with Crippen molar-refractivity contribution in [3.63, 3.8) is 0 Å². The third kappa shape index (κ3) is 5.68. The van der Waals surface area contributed by atoms with Gasteiger partial charge in [-0.15, -0.1) is 0 Å². The molecule has 25 heavy (non-hydrogen) atoms. The Bertz CT molecular complexity index is 606. The zero-order chi connectivity index (χ0) is 18.4. The SMILES string of the molecule is CC(=O)N(CC(=O)O)C1CCCN(CCc2c(F)cccc2Cl)CC1. The van der Waals surface area contributed by atoms with E-state index in [1.54, 1.807) is 12.1 Å². The first kappa shape index (κ1) is 19.7. The van der Waals surface area contributed by atoms with Gasteiger partial charge in [0.25, 0.3) is 0 Å². The Morgan fingerprint density at radius 1 is 1.36 bits per heavy atom. The molecule has 0 aromatic heterocycles. The molecule has 1 fully saturated rings. The summed E-state index contributed by atoms with van der Waals surface area (Å²) in [6, 6.07) is 4.64. The normalized spacial score (nSPS) is 18.6. The molecule has 0 aliphatic carbocycles. The number of benzene rings is 1. The Labute approximate surface area is 152 Å². The van der Waals surface area contributed by atoms with E-state index in [-0.39, 0.29) is 24.3 Å². The van der Waals surface area contributed by atoms with Crippen molar-refractivity contribution in [2.24, 2.45) is 0 Å². The number of hydrogen-bond acceptors (Lipinski definition) is 3. The Morgan fingerprint density at radius 2 is 2.12 bits per heavy atom. The number of aliphatic carboxylic acids is 1. The van der Waals surface area contributed by atoms with Crippen LogP contribution < -0.4 is 0 Å². The van der Waals surface area contributed by atoms with Crippen LogP contribution in [0.4, 0.5) is 4.39 Å². The van der Waals surface area contributed by atoms with Crippen LogP contribution in [0.15, 0.2) is 18.2 Å². The molecule has 1 aliphatic heterocycles. The highest BCUT2D eigenvalue weighted by molar-refractivity contribution is 6.31. The summed E-state index contributed by atoms with van der Waals surface area (Å²) in [4.78, 5) is 26.4. The van der Waals surface area contributed by atoms with Crippen molar-refractivity contribution in [2.75, 3.05) is 26.2 Å². The minimum Gasteiger partial charge on any atom is -0.480 e. The first-order chi connectivity index (χ1) is 11.9. The van der Waals surface area contributed by atoms with Crippen LogP contribution in [0.2, 0.25) is 5.02 Å². The second-order valence-electron chi connectivity index (χ2n) is 6.42. The molecule has 1 heterocycles. The highest BCUT2D eigenvalue weighted by Gasteiger charge is 2.26.